The minimum Gasteiger partial charge on any atom is -0.507 e. The number of nitro groups is 1. The van der Waals surface area contributed by atoms with Crippen molar-refractivity contribution in [3.63, 3.8) is 0 Å². The fourth-order valence-electron chi connectivity index (χ4n) is 3.64. The average Bonchev–Trinajstić information content (AvgIpc) is 3.36. The maximum atomic E-state index is 13.0. The normalized spacial score (nSPS) is 17.8. The topological polar surface area (TPSA) is 114 Å². The van der Waals surface area contributed by atoms with E-state index in [9.17, 15) is 24.8 Å². The standard InChI is InChI=1S/C23H18N2O6/c1-14-7-9-15(10-8-14)21(26)19-20(16-4-2-5-17(12-16)25(29)30)24(23(28)22(19)27)13-18-6-3-11-31-18/h2-12,20,26H,13H2,1H3/t20-/m0/s1. The van der Waals surface area contributed by atoms with Gasteiger partial charge in [-0.15, -0.1) is 0 Å². The van der Waals surface area contributed by atoms with Crippen LogP contribution in [0.4, 0.5) is 5.69 Å². The van der Waals surface area contributed by atoms with E-state index in [4.69, 9.17) is 4.42 Å². The first-order chi connectivity index (χ1) is 14.9. The average molecular weight is 418 g/mol. The molecule has 1 N–H and O–H groups in total. The Morgan fingerprint density at radius 2 is 1.87 bits per heavy atom. The molecule has 3 aromatic rings. The van der Waals surface area contributed by atoms with Gasteiger partial charge in [0.05, 0.1) is 29.3 Å². The molecule has 2 aromatic carbocycles. The number of benzene rings is 2. The number of carbonyl (C=O) groups is 2. The van der Waals surface area contributed by atoms with Gasteiger partial charge >= 0.3 is 0 Å². The third-order valence-electron chi connectivity index (χ3n) is 5.17. The molecule has 1 aromatic heterocycles. The molecule has 0 spiro atoms. The third kappa shape index (κ3) is 3.71. The molecule has 1 saturated heterocycles. The van der Waals surface area contributed by atoms with Gasteiger partial charge in [0.2, 0.25) is 0 Å². The number of amides is 1. The second-order valence-corrected chi connectivity index (χ2v) is 7.22. The van der Waals surface area contributed by atoms with Crippen LogP contribution >= 0.6 is 0 Å². The summed E-state index contributed by atoms with van der Waals surface area (Å²) < 4.78 is 5.33. The number of likely N-dealkylation sites (tertiary alicyclic amines) is 1. The summed E-state index contributed by atoms with van der Waals surface area (Å²) >= 11 is 0. The van der Waals surface area contributed by atoms with Crippen molar-refractivity contribution in [1.82, 2.24) is 4.90 Å². The maximum Gasteiger partial charge on any atom is 0.296 e. The minimum absolute atomic E-state index is 0.0321. The monoisotopic (exact) mass is 418 g/mol. The lowest BCUT2D eigenvalue weighted by Crippen LogP contribution is -2.29. The Balaban J connectivity index is 1.89. The number of rotatable bonds is 5. The van der Waals surface area contributed by atoms with Crippen LogP contribution in [0, 0.1) is 17.0 Å². The van der Waals surface area contributed by atoms with E-state index in [-0.39, 0.29) is 23.6 Å². The molecular weight excluding hydrogens is 400 g/mol. The molecule has 2 heterocycles. The number of nitrogens with zero attached hydrogens (tertiary/aromatic N) is 2. The number of hydrogen-bond donors (Lipinski definition) is 1. The van der Waals surface area contributed by atoms with Gasteiger partial charge < -0.3 is 14.4 Å². The Morgan fingerprint density at radius 3 is 2.52 bits per heavy atom. The fourth-order valence-corrected chi connectivity index (χ4v) is 3.64. The SMILES string of the molecule is Cc1ccc(C(O)=C2C(=O)C(=O)N(Cc3ccco3)[C@H]2c2cccc([N+](=O)[O-])c2)cc1. The third-order valence-corrected chi connectivity index (χ3v) is 5.17. The molecule has 0 saturated carbocycles. The summed E-state index contributed by atoms with van der Waals surface area (Å²) in [6.07, 6.45) is 1.45. The second-order valence-electron chi connectivity index (χ2n) is 7.22. The highest BCUT2D eigenvalue weighted by Gasteiger charge is 2.46. The van der Waals surface area contributed by atoms with Crippen molar-refractivity contribution in [3.05, 3.63) is 105 Å². The quantitative estimate of drug-likeness (QED) is 0.219. The van der Waals surface area contributed by atoms with Gasteiger partial charge in [0, 0.05) is 17.7 Å². The molecule has 156 valence electrons. The van der Waals surface area contributed by atoms with Crippen LogP contribution in [0.2, 0.25) is 0 Å². The number of aliphatic hydroxyl groups is 1. The summed E-state index contributed by atoms with van der Waals surface area (Å²) in [7, 11) is 0. The Kier molecular flexibility index (Phi) is 5.12. The number of non-ortho nitro benzene ring substituents is 1. The number of ketones is 1. The number of aliphatic hydroxyl groups excluding tert-OH is 1. The molecule has 4 rings (SSSR count). The lowest BCUT2D eigenvalue weighted by molar-refractivity contribution is -0.384. The molecule has 1 atom stereocenters. The van der Waals surface area contributed by atoms with Gasteiger partial charge in [0.15, 0.2) is 0 Å². The highest BCUT2D eigenvalue weighted by Crippen LogP contribution is 2.41. The van der Waals surface area contributed by atoms with Crippen LogP contribution in [0.15, 0.2) is 76.9 Å². The second kappa shape index (κ2) is 7.91. The largest absolute Gasteiger partial charge is 0.507 e. The highest BCUT2D eigenvalue weighted by atomic mass is 16.6. The van der Waals surface area contributed by atoms with E-state index in [0.29, 0.717) is 16.9 Å². The van der Waals surface area contributed by atoms with Gasteiger partial charge in [-0.05, 0) is 24.6 Å². The number of aryl methyl sites for hydroxylation is 1. The fraction of sp³-hybridized carbons (Fsp3) is 0.130. The van der Waals surface area contributed by atoms with Crippen molar-refractivity contribution < 1.29 is 24.0 Å². The predicted molar refractivity (Wildman–Crippen MR) is 111 cm³/mol. The molecule has 0 unspecified atom stereocenters. The van der Waals surface area contributed by atoms with E-state index < -0.39 is 22.7 Å². The molecule has 0 bridgehead atoms. The van der Waals surface area contributed by atoms with Crippen LogP contribution in [0.3, 0.4) is 0 Å². The van der Waals surface area contributed by atoms with E-state index in [1.54, 1.807) is 42.5 Å². The van der Waals surface area contributed by atoms with Gasteiger partial charge in [-0.1, -0.05) is 42.0 Å². The van der Waals surface area contributed by atoms with E-state index >= 15 is 0 Å². The zero-order valence-electron chi connectivity index (χ0n) is 16.5. The van der Waals surface area contributed by atoms with E-state index in [2.05, 4.69) is 0 Å². The first-order valence-corrected chi connectivity index (χ1v) is 9.49. The van der Waals surface area contributed by atoms with Crippen LogP contribution in [0.25, 0.3) is 5.76 Å². The van der Waals surface area contributed by atoms with Gasteiger partial charge in [-0.2, -0.15) is 0 Å². The van der Waals surface area contributed by atoms with Crippen molar-refractivity contribution in [2.24, 2.45) is 0 Å². The Morgan fingerprint density at radius 1 is 1.13 bits per heavy atom. The molecular formula is C23H18N2O6. The molecule has 1 aliphatic rings. The van der Waals surface area contributed by atoms with Crippen molar-refractivity contribution in [2.45, 2.75) is 19.5 Å². The number of Topliss-reactive ketones (excluding diaryl/α,β-unsaturated/α-hetero) is 1. The maximum absolute atomic E-state index is 13.0. The van der Waals surface area contributed by atoms with Crippen LogP contribution in [0.1, 0.15) is 28.5 Å². The van der Waals surface area contributed by atoms with Crippen molar-refractivity contribution in [2.75, 3.05) is 0 Å². The van der Waals surface area contributed by atoms with Gasteiger partial charge in [0.1, 0.15) is 11.5 Å². The number of furan rings is 1. The smallest absolute Gasteiger partial charge is 0.296 e. The molecule has 0 aliphatic carbocycles. The van der Waals surface area contributed by atoms with Gasteiger partial charge in [-0.25, -0.2) is 0 Å². The van der Waals surface area contributed by atoms with E-state index in [1.165, 1.54) is 29.4 Å². The number of carbonyl (C=O) groups excluding carboxylic acids is 2. The van der Waals surface area contributed by atoms with Gasteiger partial charge in [0.25, 0.3) is 17.4 Å². The van der Waals surface area contributed by atoms with Gasteiger partial charge in [-0.3, -0.25) is 19.7 Å². The van der Waals surface area contributed by atoms with Crippen molar-refractivity contribution >= 4 is 23.1 Å². The summed E-state index contributed by atoms with van der Waals surface area (Å²) in [6.45, 7) is 1.85. The molecule has 1 amide bonds. The molecule has 1 fully saturated rings. The lowest BCUT2D eigenvalue weighted by Gasteiger charge is -2.24. The van der Waals surface area contributed by atoms with Crippen molar-refractivity contribution in [3.8, 4) is 0 Å². The molecule has 8 nitrogen and oxygen atoms in total. The number of nitro benzene ring substituents is 1. The molecule has 31 heavy (non-hydrogen) atoms. The summed E-state index contributed by atoms with van der Waals surface area (Å²) in [5.74, 6) is -1.58. The lowest BCUT2D eigenvalue weighted by atomic mass is 9.94. The molecule has 8 heteroatoms. The summed E-state index contributed by atoms with van der Waals surface area (Å²) in [5.41, 5.74) is 1.37. The van der Waals surface area contributed by atoms with Crippen molar-refractivity contribution in [1.29, 1.82) is 0 Å². The Labute approximate surface area is 177 Å². The van der Waals surface area contributed by atoms with Crippen LogP contribution in [-0.4, -0.2) is 26.6 Å². The summed E-state index contributed by atoms with van der Waals surface area (Å²) in [6, 6.07) is 14.8. The zero-order valence-corrected chi connectivity index (χ0v) is 16.5. The minimum atomic E-state index is -1.01. The summed E-state index contributed by atoms with van der Waals surface area (Å²) in [4.78, 5) is 37.8. The van der Waals surface area contributed by atoms with Crippen LogP contribution in [0.5, 0.6) is 0 Å². The van der Waals surface area contributed by atoms with E-state index in [1.807, 2.05) is 6.92 Å². The van der Waals surface area contributed by atoms with Crippen LogP contribution < -0.4 is 0 Å². The highest BCUT2D eigenvalue weighted by molar-refractivity contribution is 6.46. The molecule has 0 radical (unpaired) electrons. The number of hydrogen-bond acceptors (Lipinski definition) is 6. The molecule has 1 aliphatic heterocycles. The summed E-state index contributed by atoms with van der Waals surface area (Å²) in [5, 5.41) is 22.3. The zero-order chi connectivity index (χ0) is 22.1. The first kappa shape index (κ1) is 20.1. The predicted octanol–water partition coefficient (Wildman–Crippen LogP) is 4.12. The first-order valence-electron chi connectivity index (χ1n) is 9.49. The Bertz CT molecular complexity index is 1200. The Hall–Kier alpha value is -4.20. The van der Waals surface area contributed by atoms with Crippen LogP contribution in [-0.2, 0) is 16.1 Å². The van der Waals surface area contributed by atoms with E-state index in [0.717, 1.165) is 5.56 Å².